The molecule has 150 valence electrons. The second-order valence-corrected chi connectivity index (χ2v) is 8.58. The summed E-state index contributed by atoms with van der Waals surface area (Å²) in [6.45, 7) is 1.59. The summed E-state index contributed by atoms with van der Waals surface area (Å²) in [4.78, 5) is 14.5. The first-order chi connectivity index (χ1) is 13.5. The highest BCUT2D eigenvalue weighted by atomic mass is 32.2. The van der Waals surface area contributed by atoms with Gasteiger partial charge in [0.2, 0.25) is 16.1 Å². The number of nitrogens with zero attached hydrogens (tertiary/aromatic N) is 1. The van der Waals surface area contributed by atoms with Crippen LogP contribution in [0.25, 0.3) is 0 Å². The maximum atomic E-state index is 12.6. The Labute approximate surface area is 163 Å². The van der Waals surface area contributed by atoms with E-state index in [2.05, 4.69) is 4.72 Å². The van der Waals surface area contributed by atoms with Crippen LogP contribution in [0.4, 0.5) is 0 Å². The molecule has 2 aliphatic rings. The third-order valence-corrected chi connectivity index (χ3v) is 6.24. The van der Waals surface area contributed by atoms with E-state index in [1.807, 2.05) is 0 Å². The number of piperidine rings is 1. The first-order valence-corrected chi connectivity index (χ1v) is 10.8. The first-order valence-electron chi connectivity index (χ1n) is 9.27. The molecule has 1 amide bonds. The molecule has 1 aromatic heterocycles. The van der Waals surface area contributed by atoms with Crippen LogP contribution in [0.15, 0.2) is 45.9 Å². The van der Waals surface area contributed by atoms with Gasteiger partial charge < -0.3 is 18.8 Å². The molecule has 0 bridgehead atoms. The Morgan fingerprint density at radius 3 is 2.71 bits per heavy atom. The van der Waals surface area contributed by atoms with Gasteiger partial charge in [-0.2, -0.15) is 0 Å². The van der Waals surface area contributed by atoms with Crippen molar-refractivity contribution >= 4 is 15.9 Å². The monoisotopic (exact) mass is 406 g/mol. The highest BCUT2D eigenvalue weighted by molar-refractivity contribution is 7.89. The molecule has 2 aromatic rings. The van der Waals surface area contributed by atoms with Crippen LogP contribution in [0, 0.1) is 0 Å². The number of fused-ring (bicyclic) bond motifs is 1. The van der Waals surface area contributed by atoms with Crippen LogP contribution < -0.4 is 14.2 Å². The van der Waals surface area contributed by atoms with Crippen molar-refractivity contribution in [3.63, 3.8) is 0 Å². The normalized spacial score (nSPS) is 19.4. The van der Waals surface area contributed by atoms with Gasteiger partial charge in [-0.05, 0) is 43.5 Å². The number of furan rings is 1. The molecule has 1 saturated heterocycles. The van der Waals surface area contributed by atoms with E-state index in [-0.39, 0.29) is 24.0 Å². The van der Waals surface area contributed by atoms with Gasteiger partial charge in [0.25, 0.3) is 5.91 Å². The zero-order chi connectivity index (χ0) is 19.6. The van der Waals surface area contributed by atoms with Crippen LogP contribution >= 0.6 is 0 Å². The minimum atomic E-state index is -3.74. The molecular formula is C19H22N2O6S. The molecule has 1 N–H and O–H groups in total. The topological polar surface area (TPSA) is 98.1 Å². The minimum absolute atomic E-state index is 0.0518. The molecule has 0 aliphatic carbocycles. The molecule has 0 radical (unpaired) electrons. The zero-order valence-corrected chi connectivity index (χ0v) is 16.1. The predicted molar refractivity (Wildman–Crippen MR) is 99.5 cm³/mol. The minimum Gasteiger partial charge on any atom is -0.485 e. The summed E-state index contributed by atoms with van der Waals surface area (Å²) in [5, 5.41) is 0. The van der Waals surface area contributed by atoms with Gasteiger partial charge >= 0.3 is 0 Å². The third-order valence-electron chi connectivity index (χ3n) is 4.84. The van der Waals surface area contributed by atoms with Gasteiger partial charge in [-0.1, -0.05) is 0 Å². The second-order valence-electron chi connectivity index (χ2n) is 6.82. The molecule has 9 heteroatoms. The maximum absolute atomic E-state index is 12.6. The predicted octanol–water partition coefficient (Wildman–Crippen LogP) is 1.91. The number of nitrogens with one attached hydrogen (secondary N) is 1. The molecule has 4 rings (SSSR count). The molecule has 1 atom stereocenters. The standard InChI is InChI=1S/C19H22N2O6S/c22-19(21-8-2-1-3-9-21)18-13-26-17-11-15(6-7-16(17)27-18)28(23,24)20-12-14-5-4-10-25-14/h4-7,10-11,18,20H,1-3,8-9,12-13H2. The second kappa shape index (κ2) is 7.84. The van der Waals surface area contributed by atoms with E-state index >= 15 is 0 Å². The number of hydrogen-bond acceptors (Lipinski definition) is 6. The van der Waals surface area contributed by atoms with Crippen molar-refractivity contribution in [2.24, 2.45) is 0 Å². The third kappa shape index (κ3) is 4.00. The van der Waals surface area contributed by atoms with Gasteiger partial charge in [0.05, 0.1) is 17.7 Å². The number of rotatable bonds is 5. The molecule has 8 nitrogen and oxygen atoms in total. The number of likely N-dealkylation sites (tertiary alicyclic amines) is 1. The lowest BCUT2D eigenvalue weighted by atomic mass is 10.1. The molecule has 1 unspecified atom stereocenters. The lowest BCUT2D eigenvalue weighted by Gasteiger charge is -2.32. The van der Waals surface area contributed by atoms with Gasteiger partial charge in [-0.25, -0.2) is 13.1 Å². The van der Waals surface area contributed by atoms with E-state index in [1.165, 1.54) is 24.5 Å². The van der Waals surface area contributed by atoms with Crippen molar-refractivity contribution in [2.75, 3.05) is 19.7 Å². The smallest absolute Gasteiger partial charge is 0.267 e. The summed E-state index contributed by atoms with van der Waals surface area (Å²) >= 11 is 0. The molecule has 1 fully saturated rings. The average molecular weight is 406 g/mol. The van der Waals surface area contributed by atoms with Gasteiger partial charge in [0.15, 0.2) is 11.5 Å². The number of carbonyl (C=O) groups is 1. The molecule has 28 heavy (non-hydrogen) atoms. The Bertz CT molecular complexity index is 935. The summed E-state index contributed by atoms with van der Waals surface area (Å²) in [6.07, 6.45) is 3.92. The van der Waals surface area contributed by atoms with Crippen molar-refractivity contribution < 1.29 is 27.1 Å². The summed E-state index contributed by atoms with van der Waals surface area (Å²) in [5.74, 6) is 1.11. The highest BCUT2D eigenvalue weighted by Crippen LogP contribution is 2.34. The van der Waals surface area contributed by atoms with E-state index in [0.717, 1.165) is 32.4 Å². The Morgan fingerprint density at radius 2 is 1.96 bits per heavy atom. The number of benzene rings is 1. The molecule has 1 aromatic carbocycles. The Hall–Kier alpha value is -2.52. The van der Waals surface area contributed by atoms with E-state index in [9.17, 15) is 13.2 Å². The first kappa shape index (κ1) is 18.8. The maximum Gasteiger partial charge on any atom is 0.267 e. The van der Waals surface area contributed by atoms with E-state index in [4.69, 9.17) is 13.9 Å². The number of sulfonamides is 1. The SMILES string of the molecule is O=C(C1COc2cc(S(=O)(=O)NCc3ccco3)ccc2O1)N1CCCCC1. The molecule has 0 saturated carbocycles. The zero-order valence-electron chi connectivity index (χ0n) is 15.3. The number of ether oxygens (including phenoxy) is 2. The van der Waals surface area contributed by atoms with Gasteiger partial charge in [0, 0.05) is 19.2 Å². The Morgan fingerprint density at radius 1 is 1.14 bits per heavy atom. The quantitative estimate of drug-likeness (QED) is 0.815. The summed E-state index contributed by atoms with van der Waals surface area (Å²) in [7, 11) is -3.74. The van der Waals surface area contributed by atoms with Crippen LogP contribution in [0.1, 0.15) is 25.0 Å². The molecule has 2 aliphatic heterocycles. The fraction of sp³-hybridized carbons (Fsp3) is 0.421. The lowest BCUT2D eigenvalue weighted by molar-refractivity contribution is -0.142. The Balaban J connectivity index is 1.44. The molecule has 0 spiro atoms. The number of amides is 1. The van der Waals surface area contributed by atoms with Gasteiger partial charge in [-0.15, -0.1) is 0 Å². The largest absolute Gasteiger partial charge is 0.485 e. The average Bonchev–Trinajstić information content (AvgIpc) is 3.25. The van der Waals surface area contributed by atoms with Crippen LogP contribution in [0.5, 0.6) is 11.5 Å². The van der Waals surface area contributed by atoms with Crippen LogP contribution in [0.3, 0.4) is 0 Å². The summed E-state index contributed by atoms with van der Waals surface area (Å²) in [5.41, 5.74) is 0. The van der Waals surface area contributed by atoms with E-state index < -0.39 is 16.1 Å². The number of carbonyl (C=O) groups excluding carboxylic acids is 1. The van der Waals surface area contributed by atoms with Gasteiger partial charge in [-0.3, -0.25) is 4.79 Å². The van der Waals surface area contributed by atoms with E-state index in [0.29, 0.717) is 17.3 Å². The van der Waals surface area contributed by atoms with Gasteiger partial charge in [0.1, 0.15) is 12.4 Å². The fourth-order valence-corrected chi connectivity index (χ4v) is 4.33. The van der Waals surface area contributed by atoms with E-state index in [1.54, 1.807) is 17.0 Å². The van der Waals surface area contributed by atoms with Crippen LogP contribution in [-0.4, -0.2) is 45.0 Å². The Kier molecular flexibility index (Phi) is 5.27. The molecule has 3 heterocycles. The van der Waals surface area contributed by atoms with Crippen LogP contribution in [0.2, 0.25) is 0 Å². The van der Waals surface area contributed by atoms with Crippen molar-refractivity contribution in [3.05, 3.63) is 42.4 Å². The van der Waals surface area contributed by atoms with Crippen molar-refractivity contribution in [1.29, 1.82) is 0 Å². The highest BCUT2D eigenvalue weighted by Gasteiger charge is 2.32. The fourth-order valence-electron chi connectivity index (χ4n) is 3.32. The van der Waals surface area contributed by atoms with Crippen molar-refractivity contribution in [3.8, 4) is 11.5 Å². The van der Waals surface area contributed by atoms with Crippen molar-refractivity contribution in [2.45, 2.75) is 36.8 Å². The summed E-state index contributed by atoms with van der Waals surface area (Å²) in [6, 6.07) is 7.73. The molecular weight excluding hydrogens is 384 g/mol. The lowest BCUT2D eigenvalue weighted by Crippen LogP contribution is -2.48. The van der Waals surface area contributed by atoms with Crippen molar-refractivity contribution in [1.82, 2.24) is 9.62 Å². The summed E-state index contributed by atoms with van der Waals surface area (Å²) < 4.78 is 44.0. The number of hydrogen-bond donors (Lipinski definition) is 1. The van der Waals surface area contributed by atoms with Crippen LogP contribution in [-0.2, 0) is 21.4 Å².